The number of nitriles is 1. The van der Waals surface area contributed by atoms with Crippen LogP contribution in [0.5, 0.6) is 11.8 Å². The summed E-state index contributed by atoms with van der Waals surface area (Å²) in [7, 11) is 3.62. The minimum Gasteiger partial charge on any atom is -0.696 e. The molecule has 9 rings (SSSR count). The zero-order chi connectivity index (χ0) is 52.6. The molecule has 4 aliphatic heterocycles. The Hall–Kier alpha value is -6.04. The molecule has 393 valence electrons. The second-order valence-corrected chi connectivity index (χ2v) is 19.5. The summed E-state index contributed by atoms with van der Waals surface area (Å²) in [5.74, 6) is -3.00. The van der Waals surface area contributed by atoms with Gasteiger partial charge in [0.1, 0.15) is 30.5 Å². The van der Waals surface area contributed by atoms with E-state index in [2.05, 4.69) is 51.3 Å². The Bertz CT molecular complexity index is 2950. The number of ether oxygens (including phenoxy) is 2. The van der Waals surface area contributed by atoms with Crippen LogP contribution in [-0.2, 0) is 73.1 Å². The predicted molar refractivity (Wildman–Crippen MR) is 277 cm³/mol. The van der Waals surface area contributed by atoms with Gasteiger partial charge in [-0.2, -0.15) is 15.2 Å². The fourth-order valence-corrected chi connectivity index (χ4v) is 10.5. The van der Waals surface area contributed by atoms with Gasteiger partial charge in [0.15, 0.2) is 11.6 Å². The summed E-state index contributed by atoms with van der Waals surface area (Å²) in [6.45, 7) is 5.99. The van der Waals surface area contributed by atoms with Crippen molar-refractivity contribution in [2.24, 2.45) is 5.92 Å². The Labute approximate surface area is 465 Å². The number of amides is 3. The zero-order valence-electron chi connectivity index (χ0n) is 42.3. The molecule has 2 fully saturated rings. The Morgan fingerprint density at radius 2 is 1.77 bits per heavy atom. The number of benzene rings is 4. The number of fused-ring (bicyclic) bond motifs is 3. The van der Waals surface area contributed by atoms with Crippen LogP contribution < -0.4 is 24.6 Å². The number of nitrogens with one attached hydrogen (secondary N) is 3. The average Bonchev–Trinajstić information content (AvgIpc) is 3.98. The van der Waals surface area contributed by atoms with Crippen molar-refractivity contribution < 1.29 is 70.1 Å². The predicted octanol–water partition coefficient (Wildman–Crippen LogP) is 8.21. The molecule has 1 aromatic heterocycles. The fourth-order valence-electron chi connectivity index (χ4n) is 10.2. The van der Waals surface area contributed by atoms with E-state index in [9.17, 15) is 33.2 Å². The normalized spacial score (nSPS) is 18.0. The van der Waals surface area contributed by atoms with E-state index in [-0.39, 0.29) is 93.9 Å². The number of aldehydes is 1. The Morgan fingerprint density at radius 3 is 2.49 bits per heavy atom. The van der Waals surface area contributed by atoms with Crippen LogP contribution in [0, 0.1) is 28.9 Å². The monoisotopic (exact) mass is 1120 g/mol. The van der Waals surface area contributed by atoms with Crippen LogP contribution in [0.3, 0.4) is 0 Å². The molecular formula is C54H60ClF2N11O6Y-2. The number of likely N-dealkylation sites (N-methyl/N-ethyl adjacent to an activating group) is 2. The van der Waals surface area contributed by atoms with Gasteiger partial charge in [0.2, 0.25) is 11.8 Å². The molecule has 1 radical (unpaired) electrons. The maximum Gasteiger partial charge on any atom is 0.318 e. The Morgan fingerprint density at radius 1 is 1.00 bits per heavy atom. The van der Waals surface area contributed by atoms with E-state index >= 15 is 0 Å². The standard InChI is InChI=1S/C39H42ClF2N8O3.C15H18N3O3.Y/c1-24(22-52-35-19-31(42)30(41)18-32(35)44)38(51)50-17-16-49(20-26(50)11-13-43)37-28-12-15-48(34-10-4-7-25-6-3-9-29(40)36(25)34)21-33(28)45-39(46-37)53-23-27-8-5-14-47(27)2;1-17-14(20)13(3-2-6-19)18-9-11-7-10(8-16)4-5-12(11)15(18)21;/h3-4,6-7,9-10,18-19,24,26-27,44H,5,8,11-12,14-17,20-23H2,1-2H3;4-7,13,16H,2-3,8-9H2,1H3,(H,17,20);/q2*-1;. The van der Waals surface area contributed by atoms with Crippen molar-refractivity contribution in [2.45, 2.75) is 83.2 Å². The van der Waals surface area contributed by atoms with E-state index < -0.39 is 29.6 Å². The van der Waals surface area contributed by atoms with Gasteiger partial charge in [0, 0.05) is 113 Å². The van der Waals surface area contributed by atoms with E-state index in [0.717, 1.165) is 89.0 Å². The van der Waals surface area contributed by atoms with Gasteiger partial charge in [-0.25, -0.2) is 8.78 Å². The van der Waals surface area contributed by atoms with E-state index in [1.165, 1.54) is 11.9 Å². The maximum absolute atomic E-state index is 13.8. The number of rotatable bonds is 16. The minimum absolute atomic E-state index is 0. The molecule has 75 heavy (non-hydrogen) atoms. The molecule has 4 unspecified atom stereocenters. The van der Waals surface area contributed by atoms with Gasteiger partial charge in [0.05, 0.1) is 48.3 Å². The van der Waals surface area contributed by atoms with Gasteiger partial charge < -0.3 is 55.6 Å². The van der Waals surface area contributed by atoms with Gasteiger partial charge in [-0.05, 0) is 74.5 Å². The number of carbonyl (C=O) groups excluding carboxylic acids is 4. The number of halogens is 3. The average molecular weight is 1120 g/mol. The number of anilines is 2. The molecule has 5 aromatic rings. The van der Waals surface area contributed by atoms with E-state index in [4.69, 9.17) is 42.5 Å². The first kappa shape index (κ1) is 56.7. The molecule has 4 aliphatic rings. The first-order valence-electron chi connectivity index (χ1n) is 24.9. The van der Waals surface area contributed by atoms with Crippen molar-refractivity contribution in [3.63, 3.8) is 0 Å². The summed E-state index contributed by atoms with van der Waals surface area (Å²) in [6, 6.07) is 20.7. The van der Waals surface area contributed by atoms with E-state index in [1.54, 1.807) is 24.0 Å². The Kier molecular flexibility index (Phi) is 19.4. The molecule has 0 spiro atoms. The van der Waals surface area contributed by atoms with Crippen molar-refractivity contribution in [3.8, 4) is 17.8 Å². The maximum atomic E-state index is 13.8. The third kappa shape index (κ3) is 12.8. The van der Waals surface area contributed by atoms with Crippen LogP contribution in [0.25, 0.3) is 22.2 Å². The second-order valence-electron chi connectivity index (χ2n) is 19.1. The number of nitrogens with zero attached hydrogens (tertiary/aromatic N) is 8. The summed E-state index contributed by atoms with van der Waals surface area (Å²) in [4.78, 5) is 68.6. The van der Waals surface area contributed by atoms with Crippen LogP contribution >= 0.6 is 11.6 Å². The van der Waals surface area contributed by atoms with Crippen LogP contribution in [0.2, 0.25) is 5.02 Å². The second kappa shape index (κ2) is 25.7. The van der Waals surface area contributed by atoms with E-state index in [1.807, 2.05) is 24.3 Å². The van der Waals surface area contributed by atoms with Gasteiger partial charge >= 0.3 is 6.01 Å². The molecule has 21 heteroatoms. The summed E-state index contributed by atoms with van der Waals surface area (Å²) < 4.78 is 39.2. The molecule has 5 heterocycles. The number of carbonyl (C=O) groups is 4. The summed E-state index contributed by atoms with van der Waals surface area (Å²) in [5.41, 5.74) is 20.2. The van der Waals surface area contributed by atoms with Crippen molar-refractivity contribution in [1.29, 1.82) is 5.26 Å². The molecule has 0 saturated carbocycles. The molecule has 17 nitrogen and oxygen atoms in total. The molecule has 0 bridgehead atoms. The molecule has 0 aliphatic carbocycles. The van der Waals surface area contributed by atoms with Gasteiger partial charge in [-0.15, -0.1) is 6.54 Å². The molecule has 3 amide bonds. The number of likely N-dealkylation sites (tertiary alicyclic amines) is 1. The SMILES string of the molecule is CC(COc1cc(F)c(F)cc1[NH-])C(=O)N1CCN(c2nc(OCC3CCCN3C)nc3c2CCN(c2cccc4cccc(Cl)c24)C3)CC1CC#N.CNC(=O)C(CCC=O)N1Cc2cc(C[NH-])ccc2C1=O.[Y]. The molecule has 2 saturated heterocycles. The Balaban J connectivity index is 0.000000313. The number of piperazine rings is 1. The molecule has 3 N–H and O–H groups in total. The van der Waals surface area contributed by atoms with Gasteiger partial charge in [0.25, 0.3) is 5.91 Å². The van der Waals surface area contributed by atoms with E-state index in [0.29, 0.717) is 68.8 Å². The van der Waals surface area contributed by atoms with Crippen molar-refractivity contribution in [1.82, 2.24) is 30.0 Å². The molecule has 4 aromatic carbocycles. The smallest absolute Gasteiger partial charge is 0.318 e. The van der Waals surface area contributed by atoms with Gasteiger partial charge in [-0.1, -0.05) is 66.2 Å². The van der Waals surface area contributed by atoms with Crippen LogP contribution in [0.1, 0.15) is 71.8 Å². The molecule has 4 atom stereocenters. The van der Waals surface area contributed by atoms with Crippen LogP contribution in [0.15, 0.2) is 66.7 Å². The third-order valence-electron chi connectivity index (χ3n) is 14.3. The minimum atomic E-state index is -1.14. The first-order valence-corrected chi connectivity index (χ1v) is 25.2. The fraction of sp³-hybridized carbons (Fsp3) is 0.426. The number of hydrogen-bond donors (Lipinski definition) is 1. The van der Waals surface area contributed by atoms with Crippen molar-refractivity contribution in [2.75, 3.05) is 69.8 Å². The van der Waals surface area contributed by atoms with Gasteiger partial charge in [-0.3, -0.25) is 14.4 Å². The largest absolute Gasteiger partial charge is 0.696 e. The zero-order valence-corrected chi connectivity index (χ0v) is 45.9. The summed E-state index contributed by atoms with van der Waals surface area (Å²) >= 11 is 6.73. The first-order chi connectivity index (χ1) is 35.7. The van der Waals surface area contributed by atoms with Crippen molar-refractivity contribution in [3.05, 3.63) is 123 Å². The summed E-state index contributed by atoms with van der Waals surface area (Å²) in [5, 5.41) is 15.1. The van der Waals surface area contributed by atoms with Crippen LogP contribution in [0.4, 0.5) is 26.0 Å². The number of hydrogen-bond acceptors (Lipinski definition) is 12. The summed E-state index contributed by atoms with van der Waals surface area (Å²) in [6.07, 6.45) is 4.25. The topological polar surface area (TPSA) is 212 Å². The quantitative estimate of drug-likeness (QED) is 0.0927. The van der Waals surface area contributed by atoms with Crippen molar-refractivity contribution >= 4 is 63.6 Å². The molecular weight excluding hydrogens is 1060 g/mol. The van der Waals surface area contributed by atoms with Crippen LogP contribution in [-0.4, -0.2) is 127 Å². The number of aromatic nitrogens is 2. The third-order valence-corrected chi connectivity index (χ3v) is 14.6.